The molecule has 0 radical (unpaired) electrons. The Labute approximate surface area is 163 Å². The summed E-state index contributed by atoms with van der Waals surface area (Å²) in [5, 5.41) is 3.25. The van der Waals surface area contributed by atoms with Crippen LogP contribution in [0.5, 0.6) is 0 Å². The first-order valence-electron chi connectivity index (χ1n) is 8.73. The van der Waals surface area contributed by atoms with Gasteiger partial charge in [0.15, 0.2) is 0 Å². The van der Waals surface area contributed by atoms with Gasteiger partial charge in [-0.2, -0.15) is 12.6 Å². The van der Waals surface area contributed by atoms with Gasteiger partial charge in [-0.25, -0.2) is 4.79 Å². The summed E-state index contributed by atoms with van der Waals surface area (Å²) >= 11 is 4.41. The number of H-pyrrole nitrogens is 1. The van der Waals surface area contributed by atoms with Gasteiger partial charge in [-0.05, 0) is 23.6 Å². The molecule has 1 aromatic heterocycles. The van der Waals surface area contributed by atoms with Gasteiger partial charge in [0, 0.05) is 23.5 Å². The molecule has 0 aliphatic rings. The fourth-order valence-electron chi connectivity index (χ4n) is 3.05. The molecule has 1 heterocycles. The number of hydrogen-bond acceptors (Lipinski definition) is 4. The summed E-state index contributed by atoms with van der Waals surface area (Å²) < 4.78 is 4.88. The number of benzene rings is 2. The lowest BCUT2D eigenvalue weighted by Crippen LogP contribution is -2.46. The summed E-state index contributed by atoms with van der Waals surface area (Å²) in [5.74, 6) is -0.772. The number of aromatic nitrogens is 1. The minimum absolute atomic E-state index is 0.294. The van der Waals surface area contributed by atoms with Gasteiger partial charge in [-0.3, -0.25) is 4.79 Å². The standard InChI is InChI=1S/C21H22N2O3S/c1-26-21(25)18(12-15-13-22-17-10-6-5-9-16(15)17)23-20(24)19(27)11-14-7-3-2-4-8-14/h2-10,13,18-19,22,27H,11-12H2,1H3,(H,23,24)/t18-,19+/m0/s1. The summed E-state index contributed by atoms with van der Waals surface area (Å²) in [5.41, 5.74) is 2.94. The number of carbonyl (C=O) groups excluding carboxylic acids is 2. The monoisotopic (exact) mass is 382 g/mol. The van der Waals surface area contributed by atoms with Gasteiger partial charge >= 0.3 is 5.97 Å². The zero-order valence-electron chi connectivity index (χ0n) is 15.0. The summed E-state index contributed by atoms with van der Waals surface area (Å²) in [6, 6.07) is 16.7. The molecular formula is C21H22N2O3S. The summed E-state index contributed by atoms with van der Waals surface area (Å²) in [4.78, 5) is 28.0. The molecule has 140 valence electrons. The molecule has 0 unspecified atom stereocenters. The first kappa shape index (κ1) is 19.0. The number of rotatable bonds is 7. The number of hydrogen-bond donors (Lipinski definition) is 3. The second-order valence-corrected chi connectivity index (χ2v) is 6.98. The van der Waals surface area contributed by atoms with Gasteiger partial charge in [0.05, 0.1) is 12.4 Å². The van der Waals surface area contributed by atoms with Crippen molar-refractivity contribution in [2.24, 2.45) is 0 Å². The molecule has 2 atom stereocenters. The van der Waals surface area contributed by atoms with Crippen molar-refractivity contribution in [1.82, 2.24) is 10.3 Å². The van der Waals surface area contributed by atoms with E-state index in [1.54, 1.807) is 0 Å². The van der Waals surface area contributed by atoms with E-state index >= 15 is 0 Å². The average Bonchev–Trinajstić information content (AvgIpc) is 3.10. The highest BCUT2D eigenvalue weighted by Gasteiger charge is 2.26. The Balaban J connectivity index is 1.71. The van der Waals surface area contributed by atoms with E-state index in [1.165, 1.54) is 7.11 Å². The Bertz CT molecular complexity index is 923. The van der Waals surface area contributed by atoms with Crippen LogP contribution in [0.15, 0.2) is 60.8 Å². The number of para-hydroxylation sites is 1. The third-order valence-corrected chi connectivity index (χ3v) is 4.89. The van der Waals surface area contributed by atoms with Gasteiger partial charge in [0.25, 0.3) is 0 Å². The third-order valence-electron chi connectivity index (χ3n) is 4.48. The summed E-state index contributed by atoms with van der Waals surface area (Å²) in [6.07, 6.45) is 2.68. The summed E-state index contributed by atoms with van der Waals surface area (Å²) in [6.45, 7) is 0. The van der Waals surface area contributed by atoms with Crippen molar-refractivity contribution in [2.45, 2.75) is 24.1 Å². The fraction of sp³-hybridized carbons (Fsp3) is 0.238. The van der Waals surface area contributed by atoms with Crippen molar-refractivity contribution in [3.8, 4) is 0 Å². The van der Waals surface area contributed by atoms with Crippen molar-refractivity contribution >= 4 is 35.4 Å². The van der Waals surface area contributed by atoms with Crippen LogP contribution in [0.3, 0.4) is 0 Å². The van der Waals surface area contributed by atoms with E-state index < -0.39 is 17.3 Å². The molecular weight excluding hydrogens is 360 g/mol. The number of amides is 1. The first-order valence-corrected chi connectivity index (χ1v) is 9.25. The van der Waals surface area contributed by atoms with Crippen molar-refractivity contribution in [3.05, 3.63) is 71.9 Å². The number of carbonyl (C=O) groups is 2. The SMILES string of the molecule is COC(=O)[C@H](Cc1c[nH]c2ccccc12)NC(=O)[C@H](S)Cc1ccccc1. The number of ether oxygens (including phenoxy) is 1. The number of nitrogens with one attached hydrogen (secondary N) is 2. The first-order chi connectivity index (χ1) is 13.1. The normalized spacial score (nSPS) is 13.1. The molecule has 27 heavy (non-hydrogen) atoms. The van der Waals surface area contributed by atoms with Crippen molar-refractivity contribution < 1.29 is 14.3 Å². The van der Waals surface area contributed by atoms with Gasteiger partial charge in [0.1, 0.15) is 6.04 Å². The van der Waals surface area contributed by atoms with E-state index in [2.05, 4.69) is 22.9 Å². The molecule has 5 nitrogen and oxygen atoms in total. The number of aromatic amines is 1. The van der Waals surface area contributed by atoms with Crippen LogP contribution in [-0.2, 0) is 27.2 Å². The van der Waals surface area contributed by atoms with Crippen LogP contribution < -0.4 is 5.32 Å². The van der Waals surface area contributed by atoms with E-state index in [9.17, 15) is 9.59 Å². The highest BCUT2D eigenvalue weighted by Crippen LogP contribution is 2.19. The Morgan fingerprint density at radius 3 is 2.52 bits per heavy atom. The zero-order valence-corrected chi connectivity index (χ0v) is 15.9. The summed E-state index contributed by atoms with van der Waals surface area (Å²) in [7, 11) is 1.32. The van der Waals surface area contributed by atoms with Crippen LogP contribution in [0.25, 0.3) is 10.9 Å². The Kier molecular flexibility index (Phi) is 6.19. The molecule has 6 heteroatoms. The number of esters is 1. The lowest BCUT2D eigenvalue weighted by Gasteiger charge is -2.19. The van der Waals surface area contributed by atoms with Crippen molar-refractivity contribution in [3.63, 3.8) is 0 Å². The second kappa shape index (κ2) is 8.77. The highest BCUT2D eigenvalue weighted by atomic mass is 32.1. The van der Waals surface area contributed by atoms with Crippen molar-refractivity contribution in [1.29, 1.82) is 0 Å². The van der Waals surface area contributed by atoms with E-state index in [0.717, 1.165) is 22.0 Å². The fourth-order valence-corrected chi connectivity index (χ4v) is 3.34. The maximum atomic E-state index is 12.6. The minimum Gasteiger partial charge on any atom is -0.467 e. The molecule has 1 amide bonds. The molecule has 0 aliphatic carbocycles. The van der Waals surface area contributed by atoms with Crippen LogP contribution >= 0.6 is 12.6 Å². The molecule has 0 spiro atoms. The van der Waals surface area contributed by atoms with E-state index in [0.29, 0.717) is 12.8 Å². The van der Waals surface area contributed by atoms with E-state index in [4.69, 9.17) is 4.74 Å². The Hall–Kier alpha value is -2.73. The van der Waals surface area contributed by atoms with Crippen LogP contribution in [-0.4, -0.2) is 35.3 Å². The van der Waals surface area contributed by atoms with Crippen LogP contribution in [0.2, 0.25) is 0 Å². The lowest BCUT2D eigenvalue weighted by molar-refractivity contribution is -0.145. The Morgan fingerprint density at radius 2 is 1.78 bits per heavy atom. The molecule has 0 aliphatic heterocycles. The third kappa shape index (κ3) is 4.71. The van der Waals surface area contributed by atoms with Gasteiger partial charge < -0.3 is 15.0 Å². The number of thiol groups is 1. The average molecular weight is 382 g/mol. The highest BCUT2D eigenvalue weighted by molar-refractivity contribution is 7.81. The molecule has 2 N–H and O–H groups in total. The molecule has 3 rings (SSSR count). The molecule has 0 saturated heterocycles. The number of fused-ring (bicyclic) bond motifs is 1. The van der Waals surface area contributed by atoms with Crippen LogP contribution in [0.1, 0.15) is 11.1 Å². The van der Waals surface area contributed by atoms with Gasteiger partial charge in [0.2, 0.25) is 5.91 Å². The maximum Gasteiger partial charge on any atom is 0.328 e. The topological polar surface area (TPSA) is 71.2 Å². The van der Waals surface area contributed by atoms with E-state index in [-0.39, 0.29) is 5.91 Å². The zero-order chi connectivity index (χ0) is 19.2. The molecule has 0 fully saturated rings. The van der Waals surface area contributed by atoms with Crippen LogP contribution in [0.4, 0.5) is 0 Å². The molecule has 0 bridgehead atoms. The van der Waals surface area contributed by atoms with Gasteiger partial charge in [-0.1, -0.05) is 48.5 Å². The van der Waals surface area contributed by atoms with Gasteiger partial charge in [-0.15, -0.1) is 0 Å². The predicted molar refractivity (Wildman–Crippen MR) is 109 cm³/mol. The molecule has 3 aromatic rings. The lowest BCUT2D eigenvalue weighted by atomic mass is 10.0. The predicted octanol–water partition coefficient (Wildman–Crippen LogP) is 2.91. The second-order valence-electron chi connectivity index (χ2n) is 6.35. The van der Waals surface area contributed by atoms with Crippen molar-refractivity contribution in [2.75, 3.05) is 7.11 Å². The quantitative estimate of drug-likeness (QED) is 0.435. The Morgan fingerprint density at radius 1 is 1.07 bits per heavy atom. The van der Waals surface area contributed by atoms with E-state index in [1.807, 2.05) is 60.8 Å². The minimum atomic E-state index is -0.771. The largest absolute Gasteiger partial charge is 0.467 e. The molecule has 0 saturated carbocycles. The number of methoxy groups -OCH3 is 1. The van der Waals surface area contributed by atoms with Crippen LogP contribution in [0, 0.1) is 0 Å². The maximum absolute atomic E-state index is 12.6. The molecule has 2 aromatic carbocycles. The smallest absolute Gasteiger partial charge is 0.328 e.